The van der Waals surface area contributed by atoms with Gasteiger partial charge in [0.05, 0.1) is 6.54 Å². The lowest BCUT2D eigenvalue weighted by atomic mass is 9.86. The third-order valence-electron chi connectivity index (χ3n) is 6.61. The minimum Gasteiger partial charge on any atom is -0.353 e. The van der Waals surface area contributed by atoms with Crippen molar-refractivity contribution >= 4 is 23.2 Å². The molecule has 2 fully saturated rings. The van der Waals surface area contributed by atoms with Gasteiger partial charge in [0.2, 0.25) is 5.91 Å². The SMILES string of the molecule is Cc1ccc(CN(C(=S)NCC(=O)N[C@H]2CCCC[C@@H]2C)C2CCCCC2)cc1. The predicted octanol–water partition coefficient (Wildman–Crippen LogP) is 4.70. The van der Waals surface area contributed by atoms with Crippen LogP contribution in [0.25, 0.3) is 0 Å². The number of carbonyl (C=O) groups is 1. The van der Waals surface area contributed by atoms with Gasteiger partial charge in [0, 0.05) is 18.6 Å². The molecule has 2 aliphatic carbocycles. The van der Waals surface area contributed by atoms with Crippen LogP contribution in [0.1, 0.15) is 75.8 Å². The van der Waals surface area contributed by atoms with Gasteiger partial charge < -0.3 is 15.5 Å². The molecule has 0 heterocycles. The maximum Gasteiger partial charge on any atom is 0.239 e. The van der Waals surface area contributed by atoms with Gasteiger partial charge in [0.25, 0.3) is 0 Å². The highest BCUT2D eigenvalue weighted by molar-refractivity contribution is 7.80. The first kappa shape index (κ1) is 22.1. The molecule has 0 saturated heterocycles. The van der Waals surface area contributed by atoms with Crippen molar-refractivity contribution in [2.24, 2.45) is 5.92 Å². The quantitative estimate of drug-likeness (QED) is 0.661. The van der Waals surface area contributed by atoms with E-state index in [2.05, 4.69) is 53.6 Å². The lowest BCUT2D eigenvalue weighted by Gasteiger charge is -2.36. The zero-order chi connectivity index (χ0) is 20.6. The number of rotatable bonds is 6. The summed E-state index contributed by atoms with van der Waals surface area (Å²) < 4.78 is 0. The number of thiocarbonyl (C=S) groups is 1. The Labute approximate surface area is 181 Å². The first-order chi connectivity index (χ1) is 14.0. The molecule has 2 N–H and O–H groups in total. The number of hydrogen-bond donors (Lipinski definition) is 2. The standard InChI is InChI=1S/C24H37N3OS/c1-18-12-14-20(15-13-18)17-27(21-9-4-3-5-10-21)24(29)25-16-23(28)26-22-11-7-6-8-19(22)2/h12-15,19,21-22H,3-11,16-17H2,1-2H3,(H,25,29)(H,26,28)/t19-,22-/m0/s1. The summed E-state index contributed by atoms with van der Waals surface area (Å²) in [5, 5.41) is 7.19. The number of aryl methyl sites for hydroxylation is 1. The molecule has 2 atom stereocenters. The average Bonchev–Trinajstić information content (AvgIpc) is 2.74. The molecular weight excluding hydrogens is 378 g/mol. The van der Waals surface area contributed by atoms with E-state index in [1.807, 2.05) is 0 Å². The van der Waals surface area contributed by atoms with Crippen molar-refractivity contribution in [2.45, 2.75) is 90.3 Å². The topological polar surface area (TPSA) is 44.4 Å². The fraction of sp³-hybridized carbons (Fsp3) is 0.667. The van der Waals surface area contributed by atoms with Crippen molar-refractivity contribution in [1.82, 2.24) is 15.5 Å². The van der Waals surface area contributed by atoms with Crippen LogP contribution in [-0.4, -0.2) is 34.5 Å². The summed E-state index contributed by atoms with van der Waals surface area (Å²) in [5.74, 6) is 0.630. The number of hydrogen-bond acceptors (Lipinski definition) is 2. The third-order valence-corrected chi connectivity index (χ3v) is 6.99. The fourth-order valence-electron chi connectivity index (χ4n) is 4.70. The summed E-state index contributed by atoms with van der Waals surface area (Å²) in [5.41, 5.74) is 2.54. The second-order valence-corrected chi connectivity index (χ2v) is 9.39. The highest BCUT2D eigenvalue weighted by atomic mass is 32.1. The van der Waals surface area contributed by atoms with Gasteiger partial charge in [-0.1, -0.05) is 68.9 Å². The molecule has 29 heavy (non-hydrogen) atoms. The Bertz CT molecular complexity index is 669. The zero-order valence-corrected chi connectivity index (χ0v) is 18.9. The van der Waals surface area contributed by atoms with Crippen molar-refractivity contribution in [2.75, 3.05) is 6.54 Å². The first-order valence-corrected chi connectivity index (χ1v) is 11.8. The maximum absolute atomic E-state index is 12.5. The highest BCUT2D eigenvalue weighted by Crippen LogP contribution is 2.25. The average molecular weight is 416 g/mol. The van der Waals surface area contributed by atoms with E-state index in [1.54, 1.807) is 0 Å². The minimum atomic E-state index is 0.0602. The van der Waals surface area contributed by atoms with Crippen molar-refractivity contribution in [3.8, 4) is 0 Å². The van der Waals surface area contributed by atoms with Gasteiger partial charge in [-0.05, 0) is 56.3 Å². The van der Waals surface area contributed by atoms with Crippen LogP contribution in [0.3, 0.4) is 0 Å². The van der Waals surface area contributed by atoms with E-state index >= 15 is 0 Å². The lowest BCUT2D eigenvalue weighted by molar-refractivity contribution is -0.121. The molecule has 160 valence electrons. The molecule has 2 saturated carbocycles. The molecule has 2 aliphatic rings. The van der Waals surface area contributed by atoms with E-state index in [-0.39, 0.29) is 12.5 Å². The molecule has 5 heteroatoms. The Morgan fingerprint density at radius 1 is 1.03 bits per heavy atom. The minimum absolute atomic E-state index is 0.0602. The van der Waals surface area contributed by atoms with Crippen molar-refractivity contribution < 1.29 is 4.79 Å². The molecule has 0 spiro atoms. The fourth-order valence-corrected chi connectivity index (χ4v) is 4.98. The molecule has 1 aromatic rings. The van der Waals surface area contributed by atoms with Gasteiger partial charge in [-0.25, -0.2) is 0 Å². The molecule has 4 nitrogen and oxygen atoms in total. The maximum atomic E-state index is 12.5. The van der Waals surface area contributed by atoms with Crippen molar-refractivity contribution in [1.29, 1.82) is 0 Å². The Hall–Kier alpha value is -1.62. The number of benzene rings is 1. The van der Waals surface area contributed by atoms with Gasteiger partial charge >= 0.3 is 0 Å². The van der Waals surface area contributed by atoms with E-state index in [0.29, 0.717) is 23.1 Å². The van der Waals surface area contributed by atoms with Crippen LogP contribution >= 0.6 is 12.2 Å². The Balaban J connectivity index is 1.56. The molecule has 0 bridgehead atoms. The summed E-state index contributed by atoms with van der Waals surface area (Å²) in [6, 6.07) is 9.46. The molecule has 0 unspecified atom stereocenters. The summed E-state index contributed by atoms with van der Waals surface area (Å²) in [7, 11) is 0. The van der Waals surface area contributed by atoms with E-state index in [4.69, 9.17) is 12.2 Å². The molecule has 1 aromatic carbocycles. The monoisotopic (exact) mass is 415 g/mol. The molecule has 0 aliphatic heterocycles. The molecule has 0 aromatic heterocycles. The van der Waals surface area contributed by atoms with Gasteiger partial charge in [0.1, 0.15) is 0 Å². The van der Waals surface area contributed by atoms with Crippen molar-refractivity contribution in [3.05, 3.63) is 35.4 Å². The number of amides is 1. The number of carbonyl (C=O) groups excluding carboxylic acids is 1. The lowest BCUT2D eigenvalue weighted by Crippen LogP contribution is -2.50. The normalized spacial score (nSPS) is 22.7. The van der Waals surface area contributed by atoms with Crippen LogP contribution in [0.4, 0.5) is 0 Å². The smallest absolute Gasteiger partial charge is 0.239 e. The van der Waals surface area contributed by atoms with Crippen LogP contribution in [0, 0.1) is 12.8 Å². The van der Waals surface area contributed by atoms with Gasteiger partial charge in [-0.3, -0.25) is 4.79 Å². The van der Waals surface area contributed by atoms with E-state index in [0.717, 1.165) is 13.0 Å². The van der Waals surface area contributed by atoms with Crippen LogP contribution in [0.5, 0.6) is 0 Å². The second-order valence-electron chi connectivity index (χ2n) is 9.00. The van der Waals surface area contributed by atoms with Crippen LogP contribution in [0.2, 0.25) is 0 Å². The third kappa shape index (κ3) is 6.70. The van der Waals surface area contributed by atoms with Crippen LogP contribution < -0.4 is 10.6 Å². The van der Waals surface area contributed by atoms with E-state index in [9.17, 15) is 4.79 Å². The highest BCUT2D eigenvalue weighted by Gasteiger charge is 2.25. The summed E-state index contributed by atoms with van der Waals surface area (Å²) in [6.45, 7) is 5.42. The molecule has 1 amide bonds. The van der Waals surface area contributed by atoms with Gasteiger partial charge in [-0.15, -0.1) is 0 Å². The largest absolute Gasteiger partial charge is 0.353 e. The van der Waals surface area contributed by atoms with Crippen molar-refractivity contribution in [3.63, 3.8) is 0 Å². The Morgan fingerprint density at radius 3 is 2.38 bits per heavy atom. The van der Waals surface area contributed by atoms with Gasteiger partial charge in [-0.2, -0.15) is 0 Å². The van der Waals surface area contributed by atoms with Crippen LogP contribution in [-0.2, 0) is 11.3 Å². The van der Waals surface area contributed by atoms with Crippen LogP contribution in [0.15, 0.2) is 24.3 Å². The summed E-state index contributed by atoms with van der Waals surface area (Å²) in [4.78, 5) is 14.8. The molecular formula is C24H37N3OS. The Kier molecular flexibility index (Phi) is 8.34. The number of nitrogens with zero attached hydrogens (tertiary/aromatic N) is 1. The summed E-state index contributed by atoms with van der Waals surface area (Å²) in [6.07, 6.45) is 11.0. The van der Waals surface area contributed by atoms with E-state index in [1.165, 1.54) is 62.5 Å². The number of nitrogens with one attached hydrogen (secondary N) is 2. The molecule has 0 radical (unpaired) electrons. The zero-order valence-electron chi connectivity index (χ0n) is 18.1. The summed E-state index contributed by atoms with van der Waals surface area (Å²) >= 11 is 5.76. The van der Waals surface area contributed by atoms with Gasteiger partial charge in [0.15, 0.2) is 5.11 Å². The van der Waals surface area contributed by atoms with E-state index < -0.39 is 0 Å². The first-order valence-electron chi connectivity index (χ1n) is 11.4. The Morgan fingerprint density at radius 2 is 1.69 bits per heavy atom. The molecule has 3 rings (SSSR count). The second kappa shape index (κ2) is 11.0. The predicted molar refractivity (Wildman–Crippen MR) is 124 cm³/mol.